The third-order valence-corrected chi connectivity index (χ3v) is 8.86. The average Bonchev–Trinajstić information content (AvgIpc) is 3.69. The van der Waals surface area contributed by atoms with Crippen molar-refractivity contribution in [1.29, 1.82) is 5.41 Å². The number of alkyl halides is 3. The van der Waals surface area contributed by atoms with Crippen LogP contribution in [0.4, 0.5) is 13.2 Å². The topological polar surface area (TPSA) is 50.1 Å². The van der Waals surface area contributed by atoms with Crippen molar-refractivity contribution in [3.8, 4) is 0 Å². The predicted octanol–water partition coefficient (Wildman–Crippen LogP) is 10.5. The molecule has 2 fully saturated rings. The van der Waals surface area contributed by atoms with Crippen molar-refractivity contribution in [3.63, 3.8) is 0 Å². The van der Waals surface area contributed by atoms with Crippen LogP contribution in [0.2, 0.25) is 0 Å². The lowest BCUT2D eigenvalue weighted by molar-refractivity contribution is -0.195. The Morgan fingerprint density at radius 3 is 2.35 bits per heavy atom. The molecule has 3 nitrogen and oxygen atoms in total. The largest absolute Gasteiger partial charge is 0.477 e. The van der Waals surface area contributed by atoms with Crippen LogP contribution in [0.3, 0.4) is 0 Å². The Morgan fingerprint density at radius 1 is 1.07 bits per heavy atom. The van der Waals surface area contributed by atoms with Crippen LogP contribution in [0.1, 0.15) is 119 Å². The van der Waals surface area contributed by atoms with Gasteiger partial charge in [0.1, 0.15) is 12.0 Å². The Bertz CT molecular complexity index is 980. The van der Waals surface area contributed by atoms with Gasteiger partial charge in [-0.3, -0.25) is 10.2 Å². The van der Waals surface area contributed by atoms with Gasteiger partial charge in [0.2, 0.25) is 5.90 Å². The zero-order chi connectivity index (χ0) is 30.0. The van der Waals surface area contributed by atoms with E-state index in [0.717, 1.165) is 43.6 Å². The van der Waals surface area contributed by atoms with Gasteiger partial charge in [-0.05, 0) is 94.1 Å². The van der Waals surface area contributed by atoms with E-state index < -0.39 is 18.2 Å². The average molecular weight is 564 g/mol. The van der Waals surface area contributed by atoms with Gasteiger partial charge in [-0.1, -0.05) is 83.3 Å². The highest BCUT2D eigenvalue weighted by atomic mass is 19.4. The minimum absolute atomic E-state index is 0.0759. The van der Waals surface area contributed by atoms with Crippen LogP contribution in [0, 0.1) is 28.1 Å². The maximum absolute atomic E-state index is 13.0. The molecule has 0 aliphatic heterocycles. The summed E-state index contributed by atoms with van der Waals surface area (Å²) in [7, 11) is 0. The molecule has 2 saturated carbocycles. The molecule has 0 amide bonds. The molecule has 226 valence electrons. The molecule has 2 aliphatic carbocycles. The van der Waals surface area contributed by atoms with Crippen LogP contribution in [0.15, 0.2) is 47.1 Å². The molecule has 0 aromatic heterocycles. The number of nitrogens with one attached hydrogen (secondary N) is 1. The van der Waals surface area contributed by atoms with E-state index in [9.17, 15) is 18.0 Å². The molecule has 0 spiro atoms. The van der Waals surface area contributed by atoms with Crippen molar-refractivity contribution < 1.29 is 22.7 Å². The molecule has 40 heavy (non-hydrogen) atoms. The standard InChI is InChI=1S/C34H52F3NO2/c1-7-9-16-29(30-17-13-15-27(8-2)23-32(30,5)6)28(26(4)39)20-19-25(3)14-11-10-12-18-31(38)40-24-33(21-22-33)34(35,36)37/h12,16,18-20,27,30,38H,7-11,13-15,17,21-24H2,1-6H3/b18-12-,25-19+,28-20-,29-16-,38-31?. The quantitative estimate of drug-likeness (QED) is 0.0571. The van der Waals surface area contributed by atoms with Gasteiger partial charge >= 0.3 is 6.18 Å². The van der Waals surface area contributed by atoms with Gasteiger partial charge in [-0.15, -0.1) is 0 Å². The van der Waals surface area contributed by atoms with Crippen LogP contribution >= 0.6 is 0 Å². The molecule has 1 N–H and O–H groups in total. The fraction of sp³-hybridized carbons (Fsp3) is 0.706. The molecule has 0 aromatic rings. The van der Waals surface area contributed by atoms with Crippen molar-refractivity contribution in [2.24, 2.45) is 22.7 Å². The van der Waals surface area contributed by atoms with Gasteiger partial charge in [-0.2, -0.15) is 13.2 Å². The Morgan fingerprint density at radius 2 is 1.77 bits per heavy atom. The Hall–Kier alpha value is -2.11. The van der Waals surface area contributed by atoms with Crippen LogP contribution in [-0.2, 0) is 9.53 Å². The first-order valence-corrected chi connectivity index (χ1v) is 15.3. The SMILES string of the molecule is CCC/C=C(/C(=C\C=C(/C)CCC/C=C\C(=N)OCC1(C(F)(F)F)CC1)C(C)=O)C1CCCC(CC)CC1(C)C. The van der Waals surface area contributed by atoms with Crippen LogP contribution < -0.4 is 0 Å². The van der Waals surface area contributed by atoms with Crippen molar-refractivity contribution in [2.45, 2.75) is 125 Å². The van der Waals surface area contributed by atoms with Gasteiger partial charge in [0.05, 0.1) is 0 Å². The third-order valence-electron chi connectivity index (χ3n) is 8.86. The Balaban J connectivity index is 2.01. The number of ether oxygens (including phenoxy) is 1. The number of carbonyl (C=O) groups excluding carboxylic acids is 1. The number of hydrogen-bond donors (Lipinski definition) is 1. The van der Waals surface area contributed by atoms with Crippen LogP contribution in [0.5, 0.6) is 0 Å². The lowest BCUT2D eigenvalue weighted by atomic mass is 9.68. The summed E-state index contributed by atoms with van der Waals surface area (Å²) in [6.07, 6.45) is 15.9. The molecule has 2 unspecified atom stereocenters. The maximum Gasteiger partial charge on any atom is 0.397 e. The van der Waals surface area contributed by atoms with E-state index in [1.165, 1.54) is 42.9 Å². The van der Waals surface area contributed by atoms with E-state index in [1.54, 1.807) is 13.0 Å². The lowest BCUT2D eigenvalue weighted by Gasteiger charge is -2.37. The smallest absolute Gasteiger partial charge is 0.397 e. The summed E-state index contributed by atoms with van der Waals surface area (Å²) in [5, 5.41) is 7.78. The predicted molar refractivity (Wildman–Crippen MR) is 159 cm³/mol. The fourth-order valence-corrected chi connectivity index (χ4v) is 5.99. The summed E-state index contributed by atoms with van der Waals surface area (Å²) in [5.41, 5.74) is 1.61. The highest BCUT2D eigenvalue weighted by molar-refractivity contribution is 5.98. The van der Waals surface area contributed by atoms with Crippen LogP contribution in [0.25, 0.3) is 0 Å². The summed E-state index contributed by atoms with van der Waals surface area (Å²) in [6, 6.07) is 0. The zero-order valence-corrected chi connectivity index (χ0v) is 25.7. The normalized spacial score (nSPS) is 23.7. The molecule has 0 aromatic carbocycles. The van der Waals surface area contributed by atoms with Gasteiger partial charge in [-0.25, -0.2) is 0 Å². The van der Waals surface area contributed by atoms with E-state index >= 15 is 0 Å². The summed E-state index contributed by atoms with van der Waals surface area (Å²) < 4.78 is 44.1. The van der Waals surface area contributed by atoms with Crippen molar-refractivity contribution in [3.05, 3.63) is 47.1 Å². The summed E-state index contributed by atoms with van der Waals surface area (Å²) in [4.78, 5) is 12.9. The molecule has 6 heteroatoms. The van der Waals surface area contributed by atoms with Gasteiger partial charge in [0, 0.05) is 5.57 Å². The molecule has 0 bridgehead atoms. The number of unbranched alkanes of at least 4 members (excludes halogenated alkanes) is 2. The molecule has 2 aliphatic rings. The molecule has 2 rings (SSSR count). The minimum atomic E-state index is -4.27. The van der Waals surface area contributed by atoms with Crippen molar-refractivity contribution in [2.75, 3.05) is 6.61 Å². The fourth-order valence-electron chi connectivity index (χ4n) is 5.99. The summed E-state index contributed by atoms with van der Waals surface area (Å²) >= 11 is 0. The number of hydrogen-bond acceptors (Lipinski definition) is 3. The molecule has 0 radical (unpaired) electrons. The first-order chi connectivity index (χ1) is 18.8. The lowest BCUT2D eigenvalue weighted by Crippen LogP contribution is -2.30. The first-order valence-electron chi connectivity index (χ1n) is 15.3. The molecular formula is C34H52F3NO2. The zero-order valence-electron chi connectivity index (χ0n) is 25.7. The second-order valence-electron chi connectivity index (χ2n) is 12.8. The summed E-state index contributed by atoms with van der Waals surface area (Å²) in [5.74, 6) is 1.000. The highest BCUT2D eigenvalue weighted by Gasteiger charge is 2.64. The third kappa shape index (κ3) is 10.1. The number of allylic oxidation sites excluding steroid dienone is 7. The Kier molecular flexibility index (Phi) is 13.0. The van der Waals surface area contributed by atoms with Gasteiger partial charge in [0.15, 0.2) is 5.78 Å². The van der Waals surface area contributed by atoms with Crippen LogP contribution in [-0.4, -0.2) is 24.5 Å². The number of rotatable bonds is 14. The molecule has 2 atom stereocenters. The van der Waals surface area contributed by atoms with E-state index in [4.69, 9.17) is 10.1 Å². The number of halogens is 3. The van der Waals surface area contributed by atoms with Gasteiger partial charge in [0.25, 0.3) is 0 Å². The first kappa shape index (κ1) is 34.1. The summed E-state index contributed by atoms with van der Waals surface area (Å²) in [6.45, 7) is 12.5. The molecule has 0 heterocycles. The van der Waals surface area contributed by atoms with Gasteiger partial charge < -0.3 is 4.74 Å². The second kappa shape index (κ2) is 15.2. The number of carbonyl (C=O) groups is 1. The minimum Gasteiger partial charge on any atom is -0.477 e. The highest BCUT2D eigenvalue weighted by Crippen LogP contribution is 2.57. The van der Waals surface area contributed by atoms with Crippen molar-refractivity contribution >= 4 is 11.7 Å². The molecular weight excluding hydrogens is 511 g/mol. The molecule has 0 saturated heterocycles. The second-order valence-corrected chi connectivity index (χ2v) is 12.8. The van der Waals surface area contributed by atoms with E-state index in [-0.39, 0.29) is 29.9 Å². The van der Waals surface area contributed by atoms with Crippen molar-refractivity contribution in [1.82, 2.24) is 0 Å². The van der Waals surface area contributed by atoms with E-state index in [1.807, 2.05) is 6.08 Å². The van der Waals surface area contributed by atoms with E-state index in [0.29, 0.717) is 12.3 Å². The monoisotopic (exact) mass is 563 g/mol. The van der Waals surface area contributed by atoms with E-state index in [2.05, 4.69) is 46.8 Å². The maximum atomic E-state index is 13.0. The number of ketones is 1. The Labute approximate surface area is 240 Å². The number of Topliss-reactive ketones (excluding diaryl/α,β-unsaturated/α-hetero) is 1.